The van der Waals surface area contributed by atoms with Gasteiger partial charge >= 0.3 is 0 Å². The van der Waals surface area contributed by atoms with E-state index in [1.165, 1.54) is 84.9 Å². The van der Waals surface area contributed by atoms with E-state index in [1.807, 2.05) is 6.07 Å². The fourth-order valence-electron chi connectivity index (χ4n) is 6.23. The van der Waals surface area contributed by atoms with Gasteiger partial charge in [0.05, 0.1) is 42.0 Å². The minimum Gasteiger partial charge on any atom is -0.321 e. The molecule has 0 saturated carbocycles. The first-order valence-electron chi connectivity index (χ1n) is 18.6. The Labute approximate surface area is 367 Å². The number of H-pyrrole nitrogens is 2. The molecule has 18 nitrogen and oxygen atoms in total. The first-order chi connectivity index (χ1) is 30.3. The van der Waals surface area contributed by atoms with Crippen LogP contribution in [0.3, 0.4) is 0 Å². The molecule has 2 heterocycles. The zero-order valence-electron chi connectivity index (χ0n) is 33.5. The maximum atomic E-state index is 13.0. The minimum atomic E-state index is -4.15. The number of benzene rings is 6. The summed E-state index contributed by atoms with van der Waals surface area (Å²) in [7, 11) is -15.6. The summed E-state index contributed by atoms with van der Waals surface area (Å²) in [6, 6.07) is 37.1. The van der Waals surface area contributed by atoms with Crippen molar-refractivity contribution < 1.29 is 43.3 Å². The number of carbonyl (C=O) groups excluding carboxylic acids is 2. The van der Waals surface area contributed by atoms with Crippen LogP contribution in [0.25, 0.3) is 21.8 Å². The maximum Gasteiger partial charge on any atom is 0.276 e. The lowest BCUT2D eigenvalue weighted by atomic mass is 10.2. The molecule has 8 rings (SSSR count). The van der Waals surface area contributed by atoms with Gasteiger partial charge in [0.25, 0.3) is 31.9 Å². The fraction of sp³-hybridized carbons (Fsp3) is 0.0476. The van der Waals surface area contributed by atoms with Gasteiger partial charge in [-0.15, -0.1) is 0 Å². The van der Waals surface area contributed by atoms with Gasteiger partial charge < -0.3 is 10.6 Å². The average molecular weight is 941 g/mol. The molecular weight excluding hydrogens is 905 g/mol. The lowest BCUT2D eigenvalue weighted by Crippen LogP contribution is -2.16. The molecule has 0 bridgehead atoms. The van der Waals surface area contributed by atoms with E-state index in [9.17, 15) is 43.3 Å². The van der Waals surface area contributed by atoms with Gasteiger partial charge in [-0.3, -0.25) is 29.2 Å². The summed E-state index contributed by atoms with van der Waals surface area (Å²) >= 11 is 0. The number of fused-ring (bicyclic) bond motifs is 2. The molecule has 0 aliphatic carbocycles. The Balaban J connectivity index is 0.000000191. The van der Waals surface area contributed by atoms with Gasteiger partial charge in [-0.2, -0.15) is 10.2 Å². The second-order valence-corrected chi connectivity index (χ2v) is 21.3. The third-order valence-electron chi connectivity index (χ3n) is 9.27. The number of hydrogen-bond donors (Lipinski definition) is 6. The van der Waals surface area contributed by atoms with Gasteiger partial charge in [0.15, 0.2) is 31.2 Å². The number of carbonyl (C=O) groups is 2. The fourth-order valence-corrected chi connectivity index (χ4v) is 10.3. The Bertz CT molecular complexity index is 3530. The Morgan fingerprint density at radius 1 is 0.484 bits per heavy atom. The van der Waals surface area contributed by atoms with Crippen molar-refractivity contribution in [2.75, 3.05) is 32.6 Å². The van der Waals surface area contributed by atoms with Crippen LogP contribution < -0.4 is 20.1 Å². The largest absolute Gasteiger partial charge is 0.321 e. The van der Waals surface area contributed by atoms with Gasteiger partial charge in [0.1, 0.15) is 0 Å². The Kier molecular flexibility index (Phi) is 12.4. The number of anilines is 4. The number of para-hydroxylation sites is 3. The van der Waals surface area contributed by atoms with Gasteiger partial charge in [-0.05, 0) is 84.9 Å². The van der Waals surface area contributed by atoms with Crippen LogP contribution in [0.4, 0.5) is 22.9 Å². The highest BCUT2D eigenvalue weighted by Gasteiger charge is 2.24. The summed E-state index contributed by atoms with van der Waals surface area (Å²) in [5.41, 5.74) is 1.88. The Hall–Kier alpha value is -7.40. The molecular formula is C42H36N8O10S4. The lowest BCUT2D eigenvalue weighted by Gasteiger charge is -2.12. The summed E-state index contributed by atoms with van der Waals surface area (Å²) in [5.74, 6) is -0.734. The van der Waals surface area contributed by atoms with Crippen LogP contribution in [-0.2, 0) is 39.7 Å². The first kappa shape index (κ1) is 44.6. The number of hydrogen-bond acceptors (Lipinski definition) is 12. The van der Waals surface area contributed by atoms with Crippen LogP contribution in [0, 0.1) is 0 Å². The molecule has 328 valence electrons. The summed E-state index contributed by atoms with van der Waals surface area (Å²) in [6.07, 6.45) is 1.99. The van der Waals surface area contributed by atoms with Crippen LogP contribution in [-0.4, -0.2) is 78.4 Å². The van der Waals surface area contributed by atoms with Crippen molar-refractivity contribution in [3.63, 3.8) is 0 Å². The van der Waals surface area contributed by atoms with E-state index in [1.54, 1.807) is 54.6 Å². The van der Waals surface area contributed by atoms with E-state index in [2.05, 4.69) is 40.5 Å². The third-order valence-corrected chi connectivity index (χ3v) is 14.3. The molecule has 0 radical (unpaired) electrons. The molecule has 8 aromatic rings. The van der Waals surface area contributed by atoms with Crippen LogP contribution in [0.2, 0.25) is 0 Å². The van der Waals surface area contributed by atoms with E-state index in [0.717, 1.165) is 12.5 Å². The number of amides is 2. The smallest absolute Gasteiger partial charge is 0.276 e. The summed E-state index contributed by atoms with van der Waals surface area (Å²) in [6.45, 7) is 0. The zero-order valence-corrected chi connectivity index (χ0v) is 36.7. The third kappa shape index (κ3) is 10.1. The topological polar surface area (TPSA) is 276 Å². The van der Waals surface area contributed by atoms with Crippen LogP contribution in [0.15, 0.2) is 165 Å². The molecule has 0 aliphatic heterocycles. The zero-order chi connectivity index (χ0) is 45.9. The van der Waals surface area contributed by atoms with E-state index < -0.39 is 51.5 Å². The molecule has 64 heavy (non-hydrogen) atoms. The van der Waals surface area contributed by atoms with Crippen molar-refractivity contribution in [3.05, 3.63) is 157 Å². The predicted molar refractivity (Wildman–Crippen MR) is 242 cm³/mol. The van der Waals surface area contributed by atoms with Crippen LogP contribution >= 0.6 is 0 Å². The Morgan fingerprint density at radius 3 is 1.47 bits per heavy atom. The lowest BCUT2D eigenvalue weighted by molar-refractivity contribution is 0.101. The average Bonchev–Trinajstić information content (AvgIpc) is 3.87. The second kappa shape index (κ2) is 17.8. The highest BCUT2D eigenvalue weighted by atomic mass is 32.2. The molecule has 0 atom stereocenters. The number of nitrogens with zero attached hydrogens (tertiary/aromatic N) is 2. The second-order valence-electron chi connectivity index (χ2n) is 13.9. The minimum absolute atomic E-state index is 0.0254. The van der Waals surface area contributed by atoms with Crippen molar-refractivity contribution in [1.29, 1.82) is 0 Å². The molecule has 0 aliphatic rings. The van der Waals surface area contributed by atoms with Gasteiger partial charge in [-0.25, -0.2) is 33.7 Å². The van der Waals surface area contributed by atoms with Crippen molar-refractivity contribution in [2.24, 2.45) is 0 Å². The monoisotopic (exact) mass is 940 g/mol. The van der Waals surface area contributed by atoms with Crippen molar-refractivity contribution in [2.45, 2.75) is 19.6 Å². The van der Waals surface area contributed by atoms with Crippen molar-refractivity contribution in [3.8, 4) is 0 Å². The summed E-state index contributed by atoms with van der Waals surface area (Å²) < 4.78 is 105. The number of sulfonamides is 2. The van der Waals surface area contributed by atoms with Gasteiger partial charge in [0, 0.05) is 34.5 Å². The number of nitrogens with one attached hydrogen (secondary N) is 6. The van der Waals surface area contributed by atoms with E-state index in [-0.39, 0.29) is 42.5 Å². The first-order valence-corrected chi connectivity index (χ1v) is 25.4. The maximum absolute atomic E-state index is 13.0. The Morgan fingerprint density at radius 2 is 0.938 bits per heavy atom. The molecule has 0 unspecified atom stereocenters. The van der Waals surface area contributed by atoms with E-state index in [4.69, 9.17) is 0 Å². The molecule has 6 N–H and O–H groups in total. The van der Waals surface area contributed by atoms with E-state index >= 15 is 0 Å². The van der Waals surface area contributed by atoms with Crippen LogP contribution in [0.5, 0.6) is 0 Å². The summed E-state index contributed by atoms with van der Waals surface area (Å²) in [4.78, 5) is 24.6. The van der Waals surface area contributed by atoms with Crippen molar-refractivity contribution >= 4 is 96.2 Å². The van der Waals surface area contributed by atoms with Crippen LogP contribution in [0.1, 0.15) is 20.8 Å². The molecule has 0 fully saturated rings. The molecule has 0 saturated heterocycles. The quantitative estimate of drug-likeness (QED) is 0.0818. The SMILES string of the molecule is CS(=O)(=O)c1ccccc1NS(=O)(=O)c1ccc2[nH]nc(C(=O)Nc3ccccc3)c2c1.CS(=O)(=O)c1ccccc1NS(=O)(=O)c1ccc2[nH]nc(NC(=O)c3ccccc3)c2c1. The number of sulfone groups is 2. The highest BCUT2D eigenvalue weighted by molar-refractivity contribution is 7.93. The highest BCUT2D eigenvalue weighted by Crippen LogP contribution is 2.29. The van der Waals surface area contributed by atoms with E-state index in [0.29, 0.717) is 33.1 Å². The standard InChI is InChI=1S/2C21H18N4O5S2/c1-31(27,28)19-10-6-5-9-18(19)25-32(29,30)15-11-12-17-16(13-15)20(24-23-17)21(26)22-14-7-3-2-4-8-14;1-31(27,28)19-10-6-5-9-18(19)25-32(29,30)15-11-12-17-16(13-15)20(24-23-17)22-21(26)14-7-3-2-4-8-14/h2-13,25H,1H3,(H,22,26)(H,23,24);2-13,25H,1H3,(H2,22,23,24,26). The van der Waals surface area contributed by atoms with Gasteiger partial charge in [-0.1, -0.05) is 60.7 Å². The van der Waals surface area contributed by atoms with Crippen molar-refractivity contribution in [1.82, 2.24) is 20.4 Å². The molecule has 2 amide bonds. The molecule has 22 heteroatoms. The predicted octanol–water partition coefficient (Wildman–Crippen LogP) is 6.04. The molecule has 6 aromatic carbocycles. The number of aromatic amines is 2. The number of aromatic nitrogens is 4. The number of rotatable bonds is 12. The summed E-state index contributed by atoms with van der Waals surface area (Å²) in [5, 5.41) is 19.6. The molecule has 2 aromatic heterocycles. The molecule has 0 spiro atoms. The van der Waals surface area contributed by atoms with Gasteiger partial charge in [0.2, 0.25) is 0 Å². The normalized spacial score (nSPS) is 11.9.